The van der Waals surface area contributed by atoms with Crippen molar-refractivity contribution in [2.75, 3.05) is 26.0 Å². The van der Waals surface area contributed by atoms with Crippen LogP contribution >= 0.6 is 0 Å². The molecule has 84 valence electrons. The summed E-state index contributed by atoms with van der Waals surface area (Å²) < 4.78 is 0. The second-order valence-electron chi connectivity index (χ2n) is 3.78. The molecule has 0 unspecified atom stereocenters. The topological polar surface area (TPSA) is 56.1 Å². The summed E-state index contributed by atoms with van der Waals surface area (Å²) in [7, 11) is 3.44. The Morgan fingerprint density at radius 1 is 1.50 bits per heavy atom. The van der Waals surface area contributed by atoms with Crippen LogP contribution in [0.3, 0.4) is 0 Å². The third-order valence-electron chi connectivity index (χ3n) is 2.28. The maximum Gasteiger partial charge on any atom is 0.241 e. The van der Waals surface area contributed by atoms with E-state index in [1.807, 2.05) is 13.0 Å². The minimum absolute atomic E-state index is 0.0174. The standard InChI is InChI=1S/C12H15N3O/c1-9-6-10(7-13)4-5-11(9)14-8-12(16)15(2)3/h4-6,14H,8H2,1-3H3. The highest BCUT2D eigenvalue weighted by Crippen LogP contribution is 2.15. The lowest BCUT2D eigenvalue weighted by Gasteiger charge is -2.13. The Morgan fingerprint density at radius 2 is 2.19 bits per heavy atom. The number of rotatable bonds is 3. The van der Waals surface area contributed by atoms with Gasteiger partial charge in [-0.25, -0.2) is 0 Å². The van der Waals surface area contributed by atoms with Crippen molar-refractivity contribution in [2.24, 2.45) is 0 Å². The van der Waals surface area contributed by atoms with Gasteiger partial charge in [-0.15, -0.1) is 0 Å². The fourth-order valence-corrected chi connectivity index (χ4v) is 1.26. The van der Waals surface area contributed by atoms with E-state index in [0.717, 1.165) is 11.3 Å². The van der Waals surface area contributed by atoms with Gasteiger partial charge in [-0.05, 0) is 30.7 Å². The normalized spacial score (nSPS) is 9.38. The molecule has 16 heavy (non-hydrogen) atoms. The van der Waals surface area contributed by atoms with Gasteiger partial charge in [0.15, 0.2) is 0 Å². The second-order valence-corrected chi connectivity index (χ2v) is 3.78. The molecule has 0 radical (unpaired) electrons. The molecule has 1 aromatic carbocycles. The highest BCUT2D eigenvalue weighted by molar-refractivity contribution is 5.80. The third kappa shape index (κ3) is 2.99. The molecular weight excluding hydrogens is 202 g/mol. The summed E-state index contributed by atoms with van der Waals surface area (Å²) in [4.78, 5) is 12.9. The van der Waals surface area contributed by atoms with E-state index in [1.54, 1.807) is 26.2 Å². The number of likely N-dealkylation sites (N-methyl/N-ethyl adjacent to an activating group) is 1. The van der Waals surface area contributed by atoms with Crippen molar-refractivity contribution in [3.63, 3.8) is 0 Å². The second kappa shape index (κ2) is 5.17. The highest BCUT2D eigenvalue weighted by atomic mass is 16.2. The Balaban J connectivity index is 2.69. The van der Waals surface area contributed by atoms with Crippen molar-refractivity contribution in [3.05, 3.63) is 29.3 Å². The lowest BCUT2D eigenvalue weighted by atomic mass is 10.1. The Bertz CT molecular complexity index is 432. The van der Waals surface area contributed by atoms with Crippen LogP contribution in [0.1, 0.15) is 11.1 Å². The van der Waals surface area contributed by atoms with Crippen LogP contribution in [0.4, 0.5) is 5.69 Å². The maximum absolute atomic E-state index is 11.4. The Kier molecular flexibility index (Phi) is 3.90. The number of hydrogen-bond donors (Lipinski definition) is 1. The van der Waals surface area contributed by atoms with Crippen LogP contribution in [0.5, 0.6) is 0 Å². The minimum Gasteiger partial charge on any atom is -0.376 e. The van der Waals surface area contributed by atoms with Crippen molar-refractivity contribution >= 4 is 11.6 Å². The zero-order valence-corrected chi connectivity index (χ0v) is 9.74. The number of carbonyl (C=O) groups is 1. The van der Waals surface area contributed by atoms with Crippen LogP contribution in [0.25, 0.3) is 0 Å². The van der Waals surface area contributed by atoms with E-state index >= 15 is 0 Å². The number of anilines is 1. The summed E-state index contributed by atoms with van der Waals surface area (Å²) in [5, 5.41) is 11.8. The average molecular weight is 217 g/mol. The lowest BCUT2D eigenvalue weighted by Crippen LogP contribution is -2.28. The number of nitriles is 1. The average Bonchev–Trinajstić information content (AvgIpc) is 2.26. The SMILES string of the molecule is Cc1cc(C#N)ccc1NCC(=O)N(C)C. The molecule has 1 amide bonds. The zero-order chi connectivity index (χ0) is 12.1. The van der Waals surface area contributed by atoms with Gasteiger partial charge in [-0.3, -0.25) is 4.79 Å². The largest absolute Gasteiger partial charge is 0.376 e. The van der Waals surface area contributed by atoms with Gasteiger partial charge in [0.1, 0.15) is 0 Å². The number of nitrogens with one attached hydrogen (secondary N) is 1. The molecular formula is C12H15N3O. The number of carbonyl (C=O) groups excluding carboxylic acids is 1. The van der Waals surface area contributed by atoms with E-state index < -0.39 is 0 Å². The van der Waals surface area contributed by atoms with Gasteiger partial charge >= 0.3 is 0 Å². The van der Waals surface area contributed by atoms with Crippen LogP contribution in [0.2, 0.25) is 0 Å². The number of hydrogen-bond acceptors (Lipinski definition) is 3. The van der Waals surface area contributed by atoms with Crippen LogP contribution in [0.15, 0.2) is 18.2 Å². The molecule has 0 aliphatic heterocycles. The van der Waals surface area contributed by atoms with Gasteiger partial charge in [0.25, 0.3) is 0 Å². The zero-order valence-electron chi connectivity index (χ0n) is 9.74. The third-order valence-corrected chi connectivity index (χ3v) is 2.28. The Hall–Kier alpha value is -2.02. The fraction of sp³-hybridized carbons (Fsp3) is 0.333. The number of aryl methyl sites for hydroxylation is 1. The van der Waals surface area contributed by atoms with Crippen molar-refractivity contribution in [1.82, 2.24) is 4.90 Å². The first-order valence-corrected chi connectivity index (χ1v) is 4.99. The van der Waals surface area contributed by atoms with Crippen molar-refractivity contribution in [3.8, 4) is 6.07 Å². The summed E-state index contributed by atoms with van der Waals surface area (Å²) in [6.45, 7) is 2.17. The molecule has 0 heterocycles. The van der Waals surface area contributed by atoms with E-state index in [1.165, 1.54) is 4.90 Å². The molecule has 1 aromatic rings. The van der Waals surface area contributed by atoms with Gasteiger partial charge in [-0.2, -0.15) is 5.26 Å². The van der Waals surface area contributed by atoms with E-state index in [9.17, 15) is 4.79 Å². The van der Waals surface area contributed by atoms with Crippen molar-refractivity contribution in [1.29, 1.82) is 5.26 Å². The minimum atomic E-state index is 0.0174. The Labute approximate surface area is 95.5 Å². The molecule has 4 nitrogen and oxygen atoms in total. The highest BCUT2D eigenvalue weighted by Gasteiger charge is 2.04. The molecule has 0 aromatic heterocycles. The van der Waals surface area contributed by atoms with Crippen LogP contribution < -0.4 is 5.32 Å². The van der Waals surface area contributed by atoms with E-state index in [0.29, 0.717) is 5.56 Å². The summed E-state index contributed by atoms with van der Waals surface area (Å²) in [6, 6.07) is 7.42. The van der Waals surface area contributed by atoms with Crippen molar-refractivity contribution in [2.45, 2.75) is 6.92 Å². The summed E-state index contributed by atoms with van der Waals surface area (Å²) >= 11 is 0. The molecule has 0 spiro atoms. The van der Waals surface area contributed by atoms with Gasteiger partial charge in [-0.1, -0.05) is 0 Å². The summed E-state index contributed by atoms with van der Waals surface area (Å²) in [5.41, 5.74) is 2.47. The van der Waals surface area contributed by atoms with E-state index in [4.69, 9.17) is 5.26 Å². The predicted octanol–water partition coefficient (Wildman–Crippen LogP) is 1.37. The maximum atomic E-state index is 11.4. The molecule has 1 rings (SSSR count). The molecule has 0 saturated carbocycles. The molecule has 0 aliphatic carbocycles. The Morgan fingerprint density at radius 3 is 2.69 bits per heavy atom. The quantitative estimate of drug-likeness (QED) is 0.831. The molecule has 1 N–H and O–H groups in total. The molecule has 0 bridgehead atoms. The van der Waals surface area contributed by atoms with Gasteiger partial charge < -0.3 is 10.2 Å². The smallest absolute Gasteiger partial charge is 0.241 e. The first-order chi connectivity index (χ1) is 7.54. The molecule has 0 fully saturated rings. The van der Waals surface area contributed by atoms with E-state index in [-0.39, 0.29) is 12.5 Å². The summed E-state index contributed by atoms with van der Waals surface area (Å²) in [5.74, 6) is 0.0174. The number of benzene rings is 1. The van der Waals surface area contributed by atoms with Crippen LogP contribution in [-0.4, -0.2) is 31.4 Å². The van der Waals surface area contributed by atoms with Gasteiger partial charge in [0.2, 0.25) is 5.91 Å². The van der Waals surface area contributed by atoms with E-state index in [2.05, 4.69) is 11.4 Å². The molecule has 0 aliphatic rings. The van der Waals surface area contributed by atoms with Crippen LogP contribution in [-0.2, 0) is 4.79 Å². The van der Waals surface area contributed by atoms with Crippen molar-refractivity contribution < 1.29 is 4.79 Å². The molecule has 0 saturated heterocycles. The van der Waals surface area contributed by atoms with Gasteiger partial charge in [0, 0.05) is 19.8 Å². The van der Waals surface area contributed by atoms with Gasteiger partial charge in [0.05, 0.1) is 18.2 Å². The predicted molar refractivity (Wildman–Crippen MR) is 63.1 cm³/mol. The number of amides is 1. The molecule has 0 atom stereocenters. The fourth-order valence-electron chi connectivity index (χ4n) is 1.26. The monoisotopic (exact) mass is 217 g/mol. The lowest BCUT2D eigenvalue weighted by molar-refractivity contribution is -0.126. The molecule has 4 heteroatoms. The number of nitrogens with zero attached hydrogens (tertiary/aromatic N) is 2. The first-order valence-electron chi connectivity index (χ1n) is 4.99. The van der Waals surface area contributed by atoms with Crippen LogP contribution in [0, 0.1) is 18.3 Å². The summed E-state index contributed by atoms with van der Waals surface area (Å²) in [6.07, 6.45) is 0. The first kappa shape index (κ1) is 12.1.